The maximum atomic E-state index is 4.52. The summed E-state index contributed by atoms with van der Waals surface area (Å²) in [5.41, 5.74) is 3.15. The zero-order chi connectivity index (χ0) is 13.2. The first kappa shape index (κ1) is 12.2. The molecule has 5 heteroatoms. The van der Waals surface area contributed by atoms with E-state index in [9.17, 15) is 0 Å². The second-order valence-corrected chi connectivity index (χ2v) is 5.82. The Balaban J connectivity index is 1.91. The highest BCUT2D eigenvalue weighted by Gasteiger charge is 2.06. The summed E-state index contributed by atoms with van der Waals surface area (Å²) in [4.78, 5) is 12.2. The van der Waals surface area contributed by atoms with Crippen molar-refractivity contribution in [3.8, 4) is 10.6 Å². The van der Waals surface area contributed by atoms with Crippen molar-refractivity contribution in [2.24, 2.45) is 5.92 Å². The monoisotopic (exact) mass is 272 g/mol. The van der Waals surface area contributed by atoms with E-state index in [0.717, 1.165) is 34.1 Å². The number of aromatic nitrogens is 3. The topological polar surface area (TPSA) is 53.6 Å². The molecule has 3 aromatic rings. The molecule has 0 saturated heterocycles. The summed E-state index contributed by atoms with van der Waals surface area (Å²) in [5.74, 6) is 1.43. The van der Waals surface area contributed by atoms with Crippen molar-refractivity contribution in [1.29, 1.82) is 0 Å². The highest BCUT2D eigenvalue weighted by Crippen LogP contribution is 2.25. The second kappa shape index (κ2) is 5.01. The fourth-order valence-corrected chi connectivity index (χ4v) is 2.53. The average Bonchev–Trinajstić information content (AvgIpc) is 3.04. The van der Waals surface area contributed by atoms with Gasteiger partial charge in [-0.2, -0.15) is 0 Å². The summed E-state index contributed by atoms with van der Waals surface area (Å²) in [6, 6.07) is 6.19. The smallest absolute Gasteiger partial charge is 0.201 e. The minimum atomic E-state index is 0.596. The molecular formula is C14H16N4S. The number of nitrogens with one attached hydrogen (secondary N) is 2. The zero-order valence-electron chi connectivity index (χ0n) is 11.0. The minimum Gasteiger partial charge on any atom is -0.356 e. The van der Waals surface area contributed by atoms with Gasteiger partial charge in [0.2, 0.25) is 5.95 Å². The van der Waals surface area contributed by atoms with E-state index in [1.54, 1.807) is 11.3 Å². The molecule has 0 aliphatic heterocycles. The number of hydrogen-bond donors (Lipinski definition) is 2. The standard InChI is InChI=1S/C14H16N4S/c1-9(2)8-16-14-17-11-4-3-10(7-12(11)18-14)13-15-5-6-19-13/h3-7,9H,8H2,1-2H3,(H2,16,17,18). The maximum absolute atomic E-state index is 4.52. The first-order chi connectivity index (χ1) is 9.22. The fourth-order valence-electron chi connectivity index (χ4n) is 1.89. The first-order valence-electron chi connectivity index (χ1n) is 6.36. The van der Waals surface area contributed by atoms with Crippen molar-refractivity contribution in [3.63, 3.8) is 0 Å². The molecule has 0 atom stereocenters. The van der Waals surface area contributed by atoms with Crippen LogP contribution in [0, 0.1) is 5.92 Å². The van der Waals surface area contributed by atoms with E-state index < -0.39 is 0 Å². The van der Waals surface area contributed by atoms with E-state index in [4.69, 9.17) is 0 Å². The molecule has 2 N–H and O–H groups in total. The molecular weight excluding hydrogens is 256 g/mol. The van der Waals surface area contributed by atoms with Crippen molar-refractivity contribution in [3.05, 3.63) is 29.8 Å². The largest absolute Gasteiger partial charge is 0.356 e. The molecule has 98 valence electrons. The number of rotatable bonds is 4. The molecule has 2 heterocycles. The quantitative estimate of drug-likeness (QED) is 0.760. The first-order valence-corrected chi connectivity index (χ1v) is 7.24. The van der Waals surface area contributed by atoms with Crippen molar-refractivity contribution in [2.75, 3.05) is 11.9 Å². The van der Waals surface area contributed by atoms with Crippen LogP contribution in [0.15, 0.2) is 29.8 Å². The van der Waals surface area contributed by atoms with Crippen LogP contribution in [0.2, 0.25) is 0 Å². The summed E-state index contributed by atoms with van der Waals surface area (Å²) >= 11 is 1.64. The SMILES string of the molecule is CC(C)CNc1nc2ccc(-c3nccs3)cc2[nH]1. The van der Waals surface area contributed by atoms with Crippen molar-refractivity contribution in [2.45, 2.75) is 13.8 Å². The molecule has 0 saturated carbocycles. The van der Waals surface area contributed by atoms with Crippen LogP contribution < -0.4 is 5.32 Å². The Morgan fingerprint density at radius 3 is 3.00 bits per heavy atom. The number of aromatic amines is 1. The van der Waals surface area contributed by atoms with E-state index in [1.165, 1.54) is 0 Å². The third kappa shape index (κ3) is 2.61. The molecule has 0 unspecified atom stereocenters. The molecule has 19 heavy (non-hydrogen) atoms. The van der Waals surface area contributed by atoms with Crippen molar-refractivity contribution >= 4 is 28.3 Å². The fraction of sp³-hybridized carbons (Fsp3) is 0.286. The number of anilines is 1. The Hall–Kier alpha value is -1.88. The third-order valence-electron chi connectivity index (χ3n) is 2.84. The van der Waals surface area contributed by atoms with E-state index in [-0.39, 0.29) is 0 Å². The number of thiazole rings is 1. The van der Waals surface area contributed by atoms with Crippen LogP contribution in [-0.2, 0) is 0 Å². The molecule has 0 amide bonds. The van der Waals surface area contributed by atoms with E-state index in [2.05, 4.69) is 46.2 Å². The molecule has 2 aromatic heterocycles. The summed E-state index contributed by atoms with van der Waals surface area (Å²) in [6.45, 7) is 5.27. The predicted octanol–water partition coefficient (Wildman–Crippen LogP) is 3.75. The van der Waals surface area contributed by atoms with Gasteiger partial charge in [0.05, 0.1) is 11.0 Å². The molecule has 4 nitrogen and oxygen atoms in total. The van der Waals surface area contributed by atoms with Crippen LogP contribution in [-0.4, -0.2) is 21.5 Å². The van der Waals surface area contributed by atoms with Gasteiger partial charge in [0.15, 0.2) is 0 Å². The molecule has 0 bridgehead atoms. The second-order valence-electron chi connectivity index (χ2n) is 4.93. The predicted molar refractivity (Wildman–Crippen MR) is 80.5 cm³/mol. The van der Waals surface area contributed by atoms with Gasteiger partial charge in [0.25, 0.3) is 0 Å². The lowest BCUT2D eigenvalue weighted by atomic mass is 10.2. The van der Waals surface area contributed by atoms with Gasteiger partial charge in [-0.1, -0.05) is 13.8 Å². The molecule has 0 spiro atoms. The Morgan fingerprint density at radius 1 is 1.37 bits per heavy atom. The van der Waals surface area contributed by atoms with Crippen LogP contribution in [0.3, 0.4) is 0 Å². The Kier molecular flexibility index (Phi) is 3.21. The highest BCUT2D eigenvalue weighted by atomic mass is 32.1. The van der Waals surface area contributed by atoms with Gasteiger partial charge in [0, 0.05) is 23.7 Å². The lowest BCUT2D eigenvalue weighted by molar-refractivity contribution is 0.686. The number of H-pyrrole nitrogens is 1. The van der Waals surface area contributed by atoms with Gasteiger partial charge in [0.1, 0.15) is 5.01 Å². The number of imidazole rings is 1. The van der Waals surface area contributed by atoms with Gasteiger partial charge in [-0.25, -0.2) is 9.97 Å². The van der Waals surface area contributed by atoms with Crippen molar-refractivity contribution in [1.82, 2.24) is 15.0 Å². The van der Waals surface area contributed by atoms with Crippen LogP contribution in [0.25, 0.3) is 21.6 Å². The number of nitrogens with zero attached hydrogens (tertiary/aromatic N) is 2. The average molecular weight is 272 g/mol. The lowest BCUT2D eigenvalue weighted by Gasteiger charge is -2.04. The summed E-state index contributed by atoms with van der Waals surface area (Å²) in [6.07, 6.45) is 1.83. The summed E-state index contributed by atoms with van der Waals surface area (Å²) < 4.78 is 0. The van der Waals surface area contributed by atoms with Gasteiger partial charge in [-0.05, 0) is 24.1 Å². The Labute approximate surface area is 115 Å². The van der Waals surface area contributed by atoms with Crippen LogP contribution in [0.1, 0.15) is 13.8 Å². The number of fused-ring (bicyclic) bond motifs is 1. The maximum Gasteiger partial charge on any atom is 0.201 e. The van der Waals surface area contributed by atoms with E-state index >= 15 is 0 Å². The summed E-state index contributed by atoms with van der Waals surface area (Å²) in [7, 11) is 0. The van der Waals surface area contributed by atoms with Gasteiger partial charge >= 0.3 is 0 Å². The summed E-state index contributed by atoms with van der Waals surface area (Å²) in [5, 5.41) is 6.33. The molecule has 0 aliphatic rings. The van der Waals surface area contributed by atoms with Crippen LogP contribution in [0.4, 0.5) is 5.95 Å². The third-order valence-corrected chi connectivity index (χ3v) is 3.66. The Morgan fingerprint density at radius 2 is 2.26 bits per heavy atom. The van der Waals surface area contributed by atoms with Gasteiger partial charge < -0.3 is 10.3 Å². The molecule has 0 radical (unpaired) electrons. The van der Waals surface area contributed by atoms with Gasteiger partial charge in [-0.3, -0.25) is 0 Å². The number of benzene rings is 1. The van der Waals surface area contributed by atoms with Crippen LogP contribution in [0.5, 0.6) is 0 Å². The van der Waals surface area contributed by atoms with Crippen molar-refractivity contribution < 1.29 is 0 Å². The number of hydrogen-bond acceptors (Lipinski definition) is 4. The van der Waals surface area contributed by atoms with E-state index in [1.807, 2.05) is 17.6 Å². The van der Waals surface area contributed by atoms with Gasteiger partial charge in [-0.15, -0.1) is 11.3 Å². The normalized spacial score (nSPS) is 11.3. The molecule has 0 aliphatic carbocycles. The molecule has 0 fully saturated rings. The van der Waals surface area contributed by atoms with E-state index in [0.29, 0.717) is 5.92 Å². The minimum absolute atomic E-state index is 0.596. The molecule has 3 rings (SSSR count). The van der Waals surface area contributed by atoms with Crippen LogP contribution >= 0.6 is 11.3 Å². The zero-order valence-corrected chi connectivity index (χ0v) is 11.8. The molecule has 1 aromatic carbocycles. The lowest BCUT2D eigenvalue weighted by Crippen LogP contribution is -2.08. The highest BCUT2D eigenvalue weighted by molar-refractivity contribution is 7.13. The Bertz CT molecular complexity index is 670.